The molecule has 6 heteroatoms. The third-order valence-corrected chi connectivity index (χ3v) is 4.13. The van der Waals surface area contributed by atoms with E-state index in [2.05, 4.69) is 15.6 Å². The summed E-state index contributed by atoms with van der Waals surface area (Å²) < 4.78 is 0. The minimum Gasteiger partial charge on any atom is -0.348 e. The van der Waals surface area contributed by atoms with Crippen LogP contribution in [0.25, 0.3) is 0 Å². The average Bonchev–Trinajstić information content (AvgIpc) is 2.53. The first-order chi connectivity index (χ1) is 10.2. The molecule has 1 aliphatic heterocycles. The minimum atomic E-state index is -0.167. The number of benzene rings is 1. The van der Waals surface area contributed by atoms with E-state index in [1.807, 2.05) is 18.2 Å². The van der Waals surface area contributed by atoms with Gasteiger partial charge in [0.15, 0.2) is 0 Å². The quantitative estimate of drug-likeness (QED) is 0.910. The largest absolute Gasteiger partial charge is 0.348 e. The minimum absolute atomic E-state index is 0.00375. The molecule has 0 bridgehead atoms. The third-order valence-electron chi connectivity index (χ3n) is 3.05. The Morgan fingerprint density at radius 1 is 1.38 bits per heavy atom. The number of pyridine rings is 1. The Hall–Kier alpha value is -2.34. The normalized spacial score (nSPS) is 13.2. The van der Waals surface area contributed by atoms with E-state index in [1.54, 1.807) is 18.3 Å². The second-order valence-corrected chi connectivity index (χ2v) is 5.61. The summed E-state index contributed by atoms with van der Waals surface area (Å²) >= 11 is 1.52. The molecule has 0 unspecified atom stereocenters. The third kappa shape index (κ3) is 3.22. The van der Waals surface area contributed by atoms with Gasteiger partial charge in [0.1, 0.15) is 0 Å². The van der Waals surface area contributed by atoms with Crippen LogP contribution in [0.2, 0.25) is 0 Å². The summed E-state index contributed by atoms with van der Waals surface area (Å²) in [7, 11) is 0. The van der Waals surface area contributed by atoms with Crippen LogP contribution >= 0.6 is 11.8 Å². The van der Waals surface area contributed by atoms with Crippen LogP contribution in [0.3, 0.4) is 0 Å². The number of thioether (sulfide) groups is 1. The maximum atomic E-state index is 11.9. The lowest BCUT2D eigenvalue weighted by atomic mass is 10.2. The number of anilines is 1. The topological polar surface area (TPSA) is 71.1 Å². The number of carbonyl (C=O) groups is 2. The number of carbonyl (C=O) groups excluding carboxylic acids is 2. The molecule has 0 atom stereocenters. The van der Waals surface area contributed by atoms with E-state index in [4.69, 9.17) is 0 Å². The van der Waals surface area contributed by atoms with Crippen molar-refractivity contribution < 1.29 is 9.59 Å². The van der Waals surface area contributed by atoms with E-state index < -0.39 is 0 Å². The van der Waals surface area contributed by atoms with Crippen LogP contribution < -0.4 is 10.6 Å². The maximum absolute atomic E-state index is 11.9. The Morgan fingerprint density at radius 2 is 2.29 bits per heavy atom. The van der Waals surface area contributed by atoms with Crippen molar-refractivity contribution in [1.29, 1.82) is 0 Å². The zero-order valence-electron chi connectivity index (χ0n) is 11.1. The van der Waals surface area contributed by atoms with E-state index >= 15 is 0 Å². The molecule has 21 heavy (non-hydrogen) atoms. The van der Waals surface area contributed by atoms with E-state index in [0.717, 1.165) is 16.1 Å². The first kappa shape index (κ1) is 13.6. The highest BCUT2D eigenvalue weighted by atomic mass is 32.2. The second kappa shape index (κ2) is 5.97. The van der Waals surface area contributed by atoms with Crippen LogP contribution in [0, 0.1) is 0 Å². The van der Waals surface area contributed by atoms with Gasteiger partial charge < -0.3 is 10.6 Å². The molecule has 5 nitrogen and oxygen atoms in total. The Labute approximate surface area is 126 Å². The molecule has 2 N–H and O–H groups in total. The van der Waals surface area contributed by atoms with Crippen molar-refractivity contribution >= 4 is 29.3 Å². The van der Waals surface area contributed by atoms with Gasteiger partial charge in [0.25, 0.3) is 5.91 Å². The molecule has 2 heterocycles. The number of rotatable bonds is 3. The average molecular weight is 299 g/mol. The second-order valence-electron chi connectivity index (χ2n) is 4.59. The highest BCUT2D eigenvalue weighted by Crippen LogP contribution is 2.31. The highest BCUT2D eigenvalue weighted by Gasteiger charge is 2.15. The first-order valence-corrected chi connectivity index (χ1v) is 7.45. The number of nitrogens with one attached hydrogen (secondary N) is 2. The van der Waals surface area contributed by atoms with E-state index in [0.29, 0.717) is 17.9 Å². The van der Waals surface area contributed by atoms with Gasteiger partial charge in [0, 0.05) is 23.8 Å². The molecular weight excluding hydrogens is 286 g/mol. The SMILES string of the molecule is O=C1CSc2ccc(CNC(=O)c3cccnc3)cc2N1. The smallest absolute Gasteiger partial charge is 0.253 e. The maximum Gasteiger partial charge on any atom is 0.253 e. The van der Waals surface area contributed by atoms with Gasteiger partial charge in [0.05, 0.1) is 17.0 Å². The van der Waals surface area contributed by atoms with Gasteiger partial charge in [0.2, 0.25) is 5.91 Å². The van der Waals surface area contributed by atoms with E-state index in [-0.39, 0.29) is 11.8 Å². The molecule has 0 aliphatic carbocycles. The molecule has 106 valence electrons. The Morgan fingerprint density at radius 3 is 3.10 bits per heavy atom. The molecule has 1 aromatic heterocycles. The predicted molar refractivity (Wildman–Crippen MR) is 81.2 cm³/mol. The van der Waals surface area contributed by atoms with Crippen LogP contribution in [-0.2, 0) is 11.3 Å². The fraction of sp³-hybridized carbons (Fsp3) is 0.133. The summed E-state index contributed by atoms with van der Waals surface area (Å²) in [6, 6.07) is 9.24. The number of hydrogen-bond acceptors (Lipinski definition) is 4. The molecular formula is C15H13N3O2S. The van der Waals surface area contributed by atoms with Gasteiger partial charge >= 0.3 is 0 Å². The van der Waals surface area contributed by atoms with Crippen molar-refractivity contribution in [2.45, 2.75) is 11.4 Å². The van der Waals surface area contributed by atoms with Crippen LogP contribution in [-0.4, -0.2) is 22.6 Å². The zero-order chi connectivity index (χ0) is 14.7. The van der Waals surface area contributed by atoms with Crippen LogP contribution in [0.1, 0.15) is 15.9 Å². The number of nitrogens with zero attached hydrogens (tertiary/aromatic N) is 1. The first-order valence-electron chi connectivity index (χ1n) is 6.46. The zero-order valence-corrected chi connectivity index (χ0v) is 11.9. The number of aromatic nitrogens is 1. The summed E-state index contributed by atoms with van der Waals surface area (Å²) in [5.74, 6) is 0.285. The van der Waals surface area contributed by atoms with E-state index in [9.17, 15) is 9.59 Å². The van der Waals surface area contributed by atoms with Crippen molar-refractivity contribution in [2.24, 2.45) is 0 Å². The monoisotopic (exact) mass is 299 g/mol. The Kier molecular flexibility index (Phi) is 3.87. The molecule has 0 spiro atoms. The summed E-state index contributed by atoms with van der Waals surface area (Å²) in [5, 5.41) is 5.67. The van der Waals surface area contributed by atoms with Gasteiger partial charge in [-0.2, -0.15) is 0 Å². The number of hydrogen-bond donors (Lipinski definition) is 2. The summed E-state index contributed by atoms with van der Waals surface area (Å²) in [5.41, 5.74) is 2.28. The van der Waals surface area contributed by atoms with Crippen LogP contribution in [0.4, 0.5) is 5.69 Å². The van der Waals surface area contributed by atoms with Gasteiger partial charge in [-0.25, -0.2) is 0 Å². The summed E-state index contributed by atoms with van der Waals surface area (Å²) in [4.78, 5) is 28.3. The molecule has 3 rings (SSSR count). The van der Waals surface area contributed by atoms with Crippen molar-refractivity contribution in [3.8, 4) is 0 Å². The van der Waals surface area contributed by atoms with Gasteiger partial charge in [-0.1, -0.05) is 6.07 Å². The van der Waals surface area contributed by atoms with Crippen molar-refractivity contribution in [2.75, 3.05) is 11.1 Å². The lowest BCUT2D eigenvalue weighted by Crippen LogP contribution is -2.23. The van der Waals surface area contributed by atoms with Crippen molar-refractivity contribution in [1.82, 2.24) is 10.3 Å². The van der Waals surface area contributed by atoms with Gasteiger partial charge in [-0.15, -0.1) is 11.8 Å². The summed E-state index contributed by atoms with van der Waals surface area (Å²) in [6.45, 7) is 0.404. The van der Waals surface area contributed by atoms with Crippen molar-refractivity contribution in [3.63, 3.8) is 0 Å². The molecule has 0 saturated heterocycles. The molecule has 2 amide bonds. The molecule has 0 fully saturated rings. The number of fused-ring (bicyclic) bond motifs is 1. The van der Waals surface area contributed by atoms with E-state index in [1.165, 1.54) is 18.0 Å². The Balaban J connectivity index is 1.67. The fourth-order valence-corrected chi connectivity index (χ4v) is 2.81. The Bertz CT molecular complexity index is 689. The molecule has 2 aromatic rings. The molecule has 1 aliphatic rings. The lowest BCUT2D eigenvalue weighted by molar-refractivity contribution is -0.113. The standard InChI is InChI=1S/C15H13N3O2S/c19-14-9-21-13-4-3-10(6-12(13)18-14)7-17-15(20)11-2-1-5-16-8-11/h1-6,8H,7,9H2,(H,17,20)(H,18,19). The van der Waals surface area contributed by atoms with Crippen LogP contribution in [0.15, 0.2) is 47.6 Å². The number of amides is 2. The predicted octanol–water partition coefficient (Wildman–Crippen LogP) is 2.06. The highest BCUT2D eigenvalue weighted by molar-refractivity contribution is 8.00. The van der Waals surface area contributed by atoms with Gasteiger partial charge in [-0.3, -0.25) is 14.6 Å². The summed E-state index contributed by atoms with van der Waals surface area (Å²) in [6.07, 6.45) is 3.15. The molecule has 1 aromatic carbocycles. The fourth-order valence-electron chi connectivity index (χ4n) is 2.02. The van der Waals surface area contributed by atoms with Gasteiger partial charge in [-0.05, 0) is 29.8 Å². The lowest BCUT2D eigenvalue weighted by Gasteiger charge is -2.17. The molecule has 0 saturated carbocycles. The van der Waals surface area contributed by atoms with Crippen molar-refractivity contribution in [3.05, 3.63) is 53.9 Å². The molecule has 0 radical (unpaired) electrons. The van der Waals surface area contributed by atoms with Crippen LogP contribution in [0.5, 0.6) is 0 Å².